The number of rotatable bonds is 7. The van der Waals surface area contributed by atoms with Crippen LogP contribution in [0.5, 0.6) is 0 Å². The lowest BCUT2D eigenvalue weighted by Gasteiger charge is -2.07. The summed E-state index contributed by atoms with van der Waals surface area (Å²) < 4.78 is 2.25. The van der Waals surface area contributed by atoms with E-state index in [4.69, 9.17) is 23.2 Å². The molecule has 0 radical (unpaired) electrons. The molecule has 2 aromatic rings. The maximum absolute atomic E-state index is 5.90. The molecule has 118 valence electrons. The van der Waals surface area contributed by atoms with Crippen LogP contribution in [0.1, 0.15) is 38.3 Å². The first kappa shape index (κ1) is 17.2. The molecule has 0 spiro atoms. The van der Waals surface area contributed by atoms with E-state index in [1.807, 2.05) is 0 Å². The molecule has 0 aliphatic heterocycles. The average Bonchev–Trinajstić information content (AvgIpc) is 2.87. The Morgan fingerprint density at radius 2 is 1.77 bits per heavy atom. The SMILES string of the molecule is CC(=C=C(CCCCl)c1cc2ccccc2n1C)CCCCl. The summed E-state index contributed by atoms with van der Waals surface area (Å²) in [5.74, 6) is 1.37. The average molecular weight is 336 g/mol. The number of alkyl halides is 2. The van der Waals surface area contributed by atoms with E-state index in [9.17, 15) is 0 Å². The van der Waals surface area contributed by atoms with Crippen molar-refractivity contribution in [3.63, 3.8) is 0 Å². The van der Waals surface area contributed by atoms with Crippen LogP contribution in [0.3, 0.4) is 0 Å². The van der Waals surface area contributed by atoms with Gasteiger partial charge >= 0.3 is 0 Å². The number of hydrogen-bond acceptors (Lipinski definition) is 0. The lowest BCUT2D eigenvalue weighted by Crippen LogP contribution is -1.96. The third-order valence-electron chi connectivity index (χ3n) is 3.87. The van der Waals surface area contributed by atoms with Gasteiger partial charge in [0.05, 0.1) is 5.69 Å². The van der Waals surface area contributed by atoms with Crippen molar-refractivity contribution in [2.75, 3.05) is 11.8 Å². The van der Waals surface area contributed by atoms with Gasteiger partial charge in [-0.2, -0.15) is 0 Å². The first-order chi connectivity index (χ1) is 10.7. The number of allylic oxidation sites excluding steroid dienone is 1. The van der Waals surface area contributed by atoms with Gasteiger partial charge in [0.15, 0.2) is 0 Å². The van der Waals surface area contributed by atoms with Crippen molar-refractivity contribution in [1.82, 2.24) is 4.57 Å². The molecule has 0 amide bonds. The Morgan fingerprint density at radius 1 is 1.09 bits per heavy atom. The highest BCUT2D eigenvalue weighted by atomic mass is 35.5. The van der Waals surface area contributed by atoms with Gasteiger partial charge in [0.25, 0.3) is 0 Å². The molecule has 0 N–H and O–H groups in total. The van der Waals surface area contributed by atoms with E-state index in [0.29, 0.717) is 11.8 Å². The van der Waals surface area contributed by atoms with Crippen molar-refractivity contribution < 1.29 is 0 Å². The first-order valence-corrected chi connectivity index (χ1v) is 8.86. The van der Waals surface area contributed by atoms with Gasteiger partial charge in [-0.1, -0.05) is 18.2 Å². The molecule has 0 fully saturated rings. The number of hydrogen-bond donors (Lipinski definition) is 0. The van der Waals surface area contributed by atoms with Crippen LogP contribution in [0.2, 0.25) is 0 Å². The van der Waals surface area contributed by atoms with Gasteiger partial charge in [0.1, 0.15) is 0 Å². The second-order valence-corrected chi connectivity index (χ2v) is 6.37. The zero-order chi connectivity index (χ0) is 15.9. The Morgan fingerprint density at radius 3 is 2.45 bits per heavy atom. The smallest absolute Gasteiger partial charge is 0.0525 e. The Hall–Kier alpha value is -1.14. The van der Waals surface area contributed by atoms with Crippen LogP contribution in [-0.4, -0.2) is 16.3 Å². The topological polar surface area (TPSA) is 4.93 Å². The van der Waals surface area contributed by atoms with Crippen molar-refractivity contribution in [2.24, 2.45) is 7.05 Å². The maximum atomic E-state index is 5.90. The Labute approximate surface area is 143 Å². The van der Waals surface area contributed by atoms with E-state index in [1.54, 1.807) is 0 Å². The third kappa shape index (κ3) is 4.20. The number of nitrogens with zero attached hydrogens (tertiary/aromatic N) is 1. The van der Waals surface area contributed by atoms with Crippen LogP contribution in [0, 0.1) is 0 Å². The van der Waals surface area contributed by atoms with E-state index >= 15 is 0 Å². The minimum absolute atomic E-state index is 0.676. The summed E-state index contributed by atoms with van der Waals surface area (Å²) >= 11 is 11.7. The Balaban J connectivity index is 2.47. The second-order valence-electron chi connectivity index (χ2n) is 5.62. The van der Waals surface area contributed by atoms with E-state index < -0.39 is 0 Å². The largest absolute Gasteiger partial charge is 0.343 e. The highest BCUT2D eigenvalue weighted by Crippen LogP contribution is 2.27. The molecular formula is C19H23Cl2N. The number of benzene rings is 1. The van der Waals surface area contributed by atoms with Crippen molar-refractivity contribution in [2.45, 2.75) is 32.6 Å². The van der Waals surface area contributed by atoms with Gasteiger partial charge in [-0.25, -0.2) is 0 Å². The summed E-state index contributed by atoms with van der Waals surface area (Å²) in [6.45, 7) is 2.13. The molecule has 0 aliphatic rings. The zero-order valence-electron chi connectivity index (χ0n) is 13.3. The quantitative estimate of drug-likeness (QED) is 0.422. The highest BCUT2D eigenvalue weighted by molar-refractivity contribution is 6.18. The minimum atomic E-state index is 0.676. The number of halogens is 2. The van der Waals surface area contributed by atoms with Gasteiger partial charge in [-0.3, -0.25) is 0 Å². The normalized spacial score (nSPS) is 10.7. The summed E-state index contributed by atoms with van der Waals surface area (Å²) in [5, 5.41) is 1.27. The van der Waals surface area contributed by atoms with Crippen molar-refractivity contribution >= 4 is 39.7 Å². The molecule has 0 bridgehead atoms. The highest BCUT2D eigenvalue weighted by Gasteiger charge is 2.09. The van der Waals surface area contributed by atoms with E-state index in [0.717, 1.165) is 25.7 Å². The summed E-state index contributed by atoms with van der Waals surface area (Å²) in [5.41, 5.74) is 8.59. The predicted octanol–water partition coefficient (Wildman–Crippen LogP) is 6.14. The molecular weight excluding hydrogens is 313 g/mol. The molecule has 1 aromatic carbocycles. The summed E-state index contributed by atoms with van der Waals surface area (Å²) in [4.78, 5) is 0. The van der Waals surface area contributed by atoms with Gasteiger partial charge < -0.3 is 4.57 Å². The third-order valence-corrected chi connectivity index (χ3v) is 4.41. The fourth-order valence-electron chi connectivity index (χ4n) is 2.73. The van der Waals surface area contributed by atoms with Crippen molar-refractivity contribution in [3.8, 4) is 0 Å². The number of fused-ring (bicyclic) bond motifs is 1. The van der Waals surface area contributed by atoms with E-state index in [2.05, 4.69) is 54.6 Å². The molecule has 0 saturated heterocycles. The summed E-state index contributed by atoms with van der Waals surface area (Å²) in [7, 11) is 2.12. The van der Waals surface area contributed by atoms with Crippen LogP contribution in [-0.2, 0) is 7.05 Å². The standard InChI is InChI=1S/C19H23Cl2N/c1-15(7-5-11-20)13-16(9-6-12-21)19-14-17-8-3-4-10-18(17)22(19)2/h3-4,8,10,14H,5-7,9,11-12H2,1-2H3. The van der Waals surface area contributed by atoms with Crippen molar-refractivity contribution in [3.05, 3.63) is 47.3 Å². The minimum Gasteiger partial charge on any atom is -0.343 e. The van der Waals surface area contributed by atoms with Gasteiger partial charge in [0, 0.05) is 35.3 Å². The molecule has 3 heteroatoms. The zero-order valence-corrected chi connectivity index (χ0v) is 14.8. The first-order valence-electron chi connectivity index (χ1n) is 7.79. The van der Waals surface area contributed by atoms with E-state index in [-0.39, 0.29) is 0 Å². The van der Waals surface area contributed by atoms with Crippen molar-refractivity contribution in [1.29, 1.82) is 0 Å². The van der Waals surface area contributed by atoms with Crippen LogP contribution in [0.4, 0.5) is 0 Å². The maximum Gasteiger partial charge on any atom is 0.0525 e. The number of aryl methyl sites for hydroxylation is 1. The van der Waals surface area contributed by atoms with Crippen LogP contribution in [0.15, 0.2) is 41.6 Å². The van der Waals surface area contributed by atoms with Crippen LogP contribution >= 0.6 is 23.2 Å². The number of aromatic nitrogens is 1. The molecule has 0 unspecified atom stereocenters. The summed E-state index contributed by atoms with van der Waals surface area (Å²) in [6, 6.07) is 10.7. The molecule has 0 saturated carbocycles. The lowest BCUT2D eigenvalue weighted by atomic mass is 10.1. The van der Waals surface area contributed by atoms with Gasteiger partial charge in [-0.05, 0) is 50.3 Å². The second kappa shape index (κ2) is 8.48. The predicted molar refractivity (Wildman–Crippen MR) is 98.9 cm³/mol. The monoisotopic (exact) mass is 335 g/mol. The fraction of sp³-hybridized carbons (Fsp3) is 0.421. The van der Waals surface area contributed by atoms with Gasteiger partial charge in [0.2, 0.25) is 0 Å². The summed E-state index contributed by atoms with van der Waals surface area (Å²) in [6.07, 6.45) is 3.91. The molecule has 0 aliphatic carbocycles. The number of para-hydroxylation sites is 1. The van der Waals surface area contributed by atoms with Crippen LogP contribution < -0.4 is 0 Å². The Kier molecular flexibility index (Phi) is 6.64. The molecule has 2 rings (SSSR count). The van der Waals surface area contributed by atoms with Crippen LogP contribution in [0.25, 0.3) is 16.5 Å². The lowest BCUT2D eigenvalue weighted by molar-refractivity contribution is 0.900. The molecule has 0 atom stereocenters. The molecule has 1 heterocycles. The molecule has 22 heavy (non-hydrogen) atoms. The van der Waals surface area contributed by atoms with Gasteiger partial charge in [-0.15, -0.1) is 28.9 Å². The molecule has 1 nitrogen and oxygen atoms in total. The fourth-order valence-corrected chi connectivity index (χ4v) is 3.00. The van der Waals surface area contributed by atoms with E-state index in [1.165, 1.54) is 27.7 Å². The Bertz CT molecular complexity index is 691. The molecule has 1 aromatic heterocycles.